The molecule has 1 unspecified atom stereocenters. The predicted octanol–water partition coefficient (Wildman–Crippen LogP) is 4.71. The second-order valence-corrected chi connectivity index (χ2v) is 6.78. The molecule has 158 valence electrons. The molecule has 1 aromatic heterocycles. The van der Waals surface area contributed by atoms with Crippen LogP contribution < -0.4 is 15.2 Å². The van der Waals surface area contributed by atoms with E-state index in [2.05, 4.69) is 10.2 Å². The Morgan fingerprint density at radius 3 is 2.55 bits per heavy atom. The van der Waals surface area contributed by atoms with Crippen LogP contribution in [0.25, 0.3) is 11.3 Å². The molecule has 0 fully saturated rings. The van der Waals surface area contributed by atoms with Gasteiger partial charge in [-0.2, -0.15) is 18.4 Å². The van der Waals surface area contributed by atoms with Crippen LogP contribution in [0.2, 0.25) is 0 Å². The van der Waals surface area contributed by atoms with Crippen molar-refractivity contribution in [2.75, 3.05) is 6.61 Å². The molecule has 0 spiro atoms. The zero-order chi connectivity index (χ0) is 22.2. The fourth-order valence-corrected chi connectivity index (χ4v) is 3.67. The summed E-state index contributed by atoms with van der Waals surface area (Å²) in [6.45, 7) is 2.36. The van der Waals surface area contributed by atoms with E-state index >= 15 is 0 Å². The fraction of sp³-hybridized carbons (Fsp3) is 0.182. The fourth-order valence-electron chi connectivity index (χ4n) is 3.67. The van der Waals surface area contributed by atoms with Crippen LogP contribution in [0.1, 0.15) is 29.5 Å². The molecule has 1 aliphatic rings. The van der Waals surface area contributed by atoms with Gasteiger partial charge in [0.25, 0.3) is 0 Å². The minimum Gasteiger partial charge on any atom is -0.494 e. The van der Waals surface area contributed by atoms with Gasteiger partial charge in [-0.05, 0) is 42.8 Å². The van der Waals surface area contributed by atoms with Gasteiger partial charge in [-0.1, -0.05) is 18.2 Å². The Hall–Kier alpha value is -3.93. The molecule has 1 atom stereocenters. The highest BCUT2D eigenvalue weighted by Gasteiger charge is 2.41. The first-order valence-corrected chi connectivity index (χ1v) is 9.40. The van der Waals surface area contributed by atoms with Gasteiger partial charge in [-0.3, -0.25) is 5.10 Å². The lowest BCUT2D eigenvalue weighted by molar-refractivity contribution is -0.138. The summed E-state index contributed by atoms with van der Waals surface area (Å²) in [4.78, 5) is 0. The van der Waals surface area contributed by atoms with Crippen molar-refractivity contribution >= 4 is 0 Å². The van der Waals surface area contributed by atoms with Crippen molar-refractivity contribution in [3.8, 4) is 29.0 Å². The molecule has 0 radical (unpaired) electrons. The van der Waals surface area contributed by atoms with Crippen LogP contribution in [0.4, 0.5) is 13.2 Å². The molecule has 0 saturated carbocycles. The number of rotatable bonds is 4. The lowest BCUT2D eigenvalue weighted by atomic mass is 9.81. The number of aromatic nitrogens is 2. The second-order valence-electron chi connectivity index (χ2n) is 6.78. The molecule has 3 aromatic rings. The number of halogens is 3. The highest BCUT2D eigenvalue weighted by atomic mass is 19.4. The third-order valence-electron chi connectivity index (χ3n) is 4.97. The van der Waals surface area contributed by atoms with Crippen LogP contribution in [0.15, 0.2) is 60.0 Å². The number of nitrogens with one attached hydrogen (secondary N) is 1. The Kier molecular flexibility index (Phi) is 5.07. The molecule has 4 rings (SSSR count). The Balaban J connectivity index is 1.93. The summed E-state index contributed by atoms with van der Waals surface area (Å²) >= 11 is 0. The molecule has 3 N–H and O–H groups in total. The zero-order valence-corrected chi connectivity index (χ0v) is 16.3. The van der Waals surface area contributed by atoms with Crippen LogP contribution in [0.3, 0.4) is 0 Å². The van der Waals surface area contributed by atoms with Gasteiger partial charge in [0.1, 0.15) is 17.4 Å². The quantitative estimate of drug-likeness (QED) is 0.630. The number of nitriles is 1. The van der Waals surface area contributed by atoms with Crippen LogP contribution in [0, 0.1) is 11.3 Å². The number of allylic oxidation sites excluding steroid dienone is 1. The van der Waals surface area contributed by atoms with Crippen molar-refractivity contribution in [2.24, 2.45) is 5.73 Å². The average molecular weight is 426 g/mol. The number of aromatic amines is 1. The van der Waals surface area contributed by atoms with E-state index in [-0.39, 0.29) is 22.9 Å². The maximum atomic E-state index is 13.8. The van der Waals surface area contributed by atoms with Gasteiger partial charge >= 0.3 is 6.18 Å². The van der Waals surface area contributed by atoms with Gasteiger partial charge in [0.15, 0.2) is 0 Å². The van der Waals surface area contributed by atoms with Gasteiger partial charge in [-0.15, -0.1) is 5.10 Å². The highest BCUT2D eigenvalue weighted by Crippen LogP contribution is 2.48. The summed E-state index contributed by atoms with van der Waals surface area (Å²) in [7, 11) is 0. The van der Waals surface area contributed by atoms with E-state index in [1.54, 1.807) is 24.3 Å². The van der Waals surface area contributed by atoms with E-state index in [0.29, 0.717) is 29.2 Å². The van der Waals surface area contributed by atoms with E-state index in [9.17, 15) is 18.4 Å². The first-order chi connectivity index (χ1) is 14.8. The number of hydrogen-bond donors (Lipinski definition) is 2. The maximum absolute atomic E-state index is 13.8. The van der Waals surface area contributed by atoms with Crippen LogP contribution in [0.5, 0.6) is 11.6 Å². The summed E-state index contributed by atoms with van der Waals surface area (Å²) in [5.41, 5.74) is 6.19. The molecular weight excluding hydrogens is 409 g/mol. The monoisotopic (exact) mass is 426 g/mol. The molecule has 2 aromatic carbocycles. The van der Waals surface area contributed by atoms with E-state index in [1.807, 2.05) is 13.0 Å². The summed E-state index contributed by atoms with van der Waals surface area (Å²) < 4.78 is 52.2. The summed E-state index contributed by atoms with van der Waals surface area (Å²) in [5, 5.41) is 16.6. The van der Waals surface area contributed by atoms with Crippen molar-refractivity contribution in [1.82, 2.24) is 10.2 Å². The minimum atomic E-state index is -4.62. The molecule has 1 aliphatic heterocycles. The van der Waals surface area contributed by atoms with E-state index in [0.717, 1.165) is 6.07 Å². The van der Waals surface area contributed by atoms with E-state index < -0.39 is 17.7 Å². The first kappa shape index (κ1) is 20.3. The number of ether oxygens (including phenoxy) is 2. The van der Waals surface area contributed by atoms with E-state index in [1.165, 1.54) is 18.2 Å². The molecule has 31 heavy (non-hydrogen) atoms. The number of nitrogens with zero attached hydrogens (tertiary/aromatic N) is 2. The van der Waals surface area contributed by atoms with Crippen LogP contribution >= 0.6 is 0 Å². The third kappa shape index (κ3) is 3.57. The number of hydrogen-bond acceptors (Lipinski definition) is 5. The molecule has 0 saturated heterocycles. The molecule has 0 amide bonds. The highest BCUT2D eigenvalue weighted by molar-refractivity contribution is 5.71. The third-order valence-corrected chi connectivity index (χ3v) is 4.97. The minimum absolute atomic E-state index is 0.0300. The standard InChI is InChI=1S/C22H17F3N4O2/c1-2-30-13-9-7-12(8-10-13)19-18-17(14-5-3-4-6-16(14)22(23,24)25)15(11-26)20(27)31-21(18)29-28-19/h3-10,17H,2,27H2,1H3,(H,28,29). The number of benzene rings is 2. The normalized spacial score (nSPS) is 15.8. The van der Waals surface area contributed by atoms with Gasteiger partial charge in [0, 0.05) is 5.56 Å². The van der Waals surface area contributed by atoms with Crippen LogP contribution in [-0.2, 0) is 6.18 Å². The van der Waals surface area contributed by atoms with Gasteiger partial charge in [0.05, 0.1) is 29.3 Å². The molecule has 9 heteroatoms. The second kappa shape index (κ2) is 7.72. The smallest absolute Gasteiger partial charge is 0.416 e. The molecular formula is C22H17F3N4O2. The Morgan fingerprint density at radius 2 is 1.90 bits per heavy atom. The van der Waals surface area contributed by atoms with E-state index in [4.69, 9.17) is 15.2 Å². The van der Waals surface area contributed by atoms with Crippen molar-refractivity contribution < 1.29 is 22.6 Å². The number of H-pyrrole nitrogens is 1. The number of fused-ring (bicyclic) bond motifs is 1. The topological polar surface area (TPSA) is 97.0 Å². The maximum Gasteiger partial charge on any atom is 0.416 e. The summed E-state index contributed by atoms with van der Waals surface area (Å²) in [6.07, 6.45) is -4.62. The molecule has 0 bridgehead atoms. The van der Waals surface area contributed by atoms with Gasteiger partial charge in [0.2, 0.25) is 11.8 Å². The van der Waals surface area contributed by atoms with Crippen molar-refractivity contribution in [3.63, 3.8) is 0 Å². The molecule has 2 heterocycles. The lowest BCUT2D eigenvalue weighted by Gasteiger charge is -2.26. The Labute approximate surface area is 175 Å². The molecule has 6 nitrogen and oxygen atoms in total. The lowest BCUT2D eigenvalue weighted by Crippen LogP contribution is -2.23. The number of nitrogens with two attached hydrogens (primary N) is 1. The van der Waals surface area contributed by atoms with Crippen molar-refractivity contribution in [1.29, 1.82) is 5.26 Å². The van der Waals surface area contributed by atoms with Gasteiger partial charge in [-0.25, -0.2) is 0 Å². The molecule has 0 aliphatic carbocycles. The first-order valence-electron chi connectivity index (χ1n) is 9.40. The predicted molar refractivity (Wildman–Crippen MR) is 106 cm³/mol. The summed E-state index contributed by atoms with van der Waals surface area (Å²) in [6, 6.07) is 14.0. The van der Waals surface area contributed by atoms with Crippen molar-refractivity contribution in [3.05, 3.63) is 76.7 Å². The largest absolute Gasteiger partial charge is 0.494 e. The summed E-state index contributed by atoms with van der Waals surface area (Å²) in [5.74, 6) is -0.701. The Bertz CT molecular complexity index is 1190. The average Bonchev–Trinajstić information content (AvgIpc) is 3.16. The number of alkyl halides is 3. The SMILES string of the molecule is CCOc1ccc(-c2[nH]nc3c2C(c2ccccc2C(F)(F)F)C(C#N)=C(N)O3)cc1. The Morgan fingerprint density at radius 1 is 1.19 bits per heavy atom. The van der Waals surface area contributed by atoms with Crippen molar-refractivity contribution in [2.45, 2.75) is 19.0 Å². The van der Waals surface area contributed by atoms with Crippen LogP contribution in [-0.4, -0.2) is 16.8 Å². The zero-order valence-electron chi connectivity index (χ0n) is 16.3. The van der Waals surface area contributed by atoms with Gasteiger partial charge < -0.3 is 15.2 Å².